The zero-order valence-corrected chi connectivity index (χ0v) is 12.0. The first-order valence-corrected chi connectivity index (χ1v) is 6.81. The monoisotopic (exact) mass is 275 g/mol. The lowest BCUT2D eigenvalue weighted by Gasteiger charge is -2.02. The van der Waals surface area contributed by atoms with E-state index in [9.17, 15) is 9.59 Å². The van der Waals surface area contributed by atoms with E-state index in [1.54, 1.807) is 31.4 Å². The highest BCUT2D eigenvalue weighted by Crippen LogP contribution is 2.11. The van der Waals surface area contributed by atoms with E-state index in [4.69, 9.17) is 4.74 Å². The lowest BCUT2D eigenvalue weighted by atomic mass is 10.1. The molecular formula is C16H21NO3. The minimum absolute atomic E-state index is 0.0356. The van der Waals surface area contributed by atoms with Gasteiger partial charge in [-0.05, 0) is 36.8 Å². The number of hydrogen-bond acceptors (Lipinski definition) is 3. The van der Waals surface area contributed by atoms with Gasteiger partial charge in [0.15, 0.2) is 5.78 Å². The van der Waals surface area contributed by atoms with E-state index >= 15 is 0 Å². The third kappa shape index (κ3) is 5.69. The van der Waals surface area contributed by atoms with Crippen LogP contribution < -0.4 is 10.1 Å². The van der Waals surface area contributed by atoms with Crippen molar-refractivity contribution in [3.05, 3.63) is 42.1 Å². The smallest absolute Gasteiger partial charge is 0.255 e. The third-order valence-corrected chi connectivity index (χ3v) is 2.86. The maximum Gasteiger partial charge on any atom is 0.255 e. The number of ether oxygens (including phenoxy) is 1. The van der Waals surface area contributed by atoms with Crippen LogP contribution in [0, 0.1) is 0 Å². The summed E-state index contributed by atoms with van der Waals surface area (Å²) in [4.78, 5) is 23.2. The summed E-state index contributed by atoms with van der Waals surface area (Å²) in [5.74, 6) is 0.488. The second-order valence-electron chi connectivity index (χ2n) is 4.46. The van der Waals surface area contributed by atoms with Crippen molar-refractivity contribution < 1.29 is 14.3 Å². The van der Waals surface area contributed by atoms with E-state index < -0.39 is 0 Å². The van der Waals surface area contributed by atoms with Crippen LogP contribution >= 0.6 is 0 Å². The van der Waals surface area contributed by atoms with Gasteiger partial charge < -0.3 is 10.1 Å². The maximum atomic E-state index is 11.8. The summed E-state index contributed by atoms with van der Waals surface area (Å²) < 4.78 is 5.02. The molecule has 20 heavy (non-hydrogen) atoms. The molecule has 0 saturated heterocycles. The molecule has 0 aromatic heterocycles. The molecule has 0 heterocycles. The minimum Gasteiger partial charge on any atom is -0.497 e. The Labute approximate surface area is 119 Å². The lowest BCUT2D eigenvalue weighted by Crippen LogP contribution is -2.17. The zero-order valence-electron chi connectivity index (χ0n) is 12.0. The molecule has 0 aliphatic carbocycles. The first kappa shape index (κ1) is 16.0. The summed E-state index contributed by atoms with van der Waals surface area (Å²) >= 11 is 0. The van der Waals surface area contributed by atoms with Crippen LogP contribution in [-0.2, 0) is 4.79 Å². The average Bonchev–Trinajstić information content (AvgIpc) is 2.47. The Morgan fingerprint density at radius 3 is 2.50 bits per heavy atom. The molecule has 1 rings (SSSR count). The Bertz CT molecular complexity index is 463. The minimum atomic E-state index is -0.245. The molecule has 0 aliphatic heterocycles. The van der Waals surface area contributed by atoms with Gasteiger partial charge >= 0.3 is 0 Å². The number of unbranched alkanes of at least 4 members (excludes halogenated alkanes) is 2. The van der Waals surface area contributed by atoms with Gasteiger partial charge in [-0.2, -0.15) is 0 Å². The first-order valence-electron chi connectivity index (χ1n) is 6.81. The van der Waals surface area contributed by atoms with E-state index in [1.807, 2.05) is 0 Å². The zero-order chi connectivity index (χ0) is 14.8. The Morgan fingerprint density at radius 2 is 1.90 bits per heavy atom. The van der Waals surface area contributed by atoms with Gasteiger partial charge in [0.05, 0.1) is 7.11 Å². The SMILES string of the molecule is CCCCCC(=O)/C=C\NC(=O)c1ccc(OC)cc1. The largest absolute Gasteiger partial charge is 0.497 e. The van der Waals surface area contributed by atoms with Gasteiger partial charge in [0.2, 0.25) is 0 Å². The van der Waals surface area contributed by atoms with Crippen molar-refractivity contribution in [1.29, 1.82) is 0 Å². The number of carbonyl (C=O) groups is 2. The molecule has 0 unspecified atom stereocenters. The molecule has 0 aliphatic rings. The molecule has 0 saturated carbocycles. The predicted molar refractivity (Wildman–Crippen MR) is 78.7 cm³/mol. The lowest BCUT2D eigenvalue weighted by molar-refractivity contribution is -0.114. The summed E-state index contributed by atoms with van der Waals surface area (Å²) in [6.07, 6.45) is 6.38. The fourth-order valence-corrected chi connectivity index (χ4v) is 1.67. The Balaban J connectivity index is 2.39. The molecule has 0 atom stereocenters. The highest BCUT2D eigenvalue weighted by Gasteiger charge is 2.03. The first-order chi connectivity index (χ1) is 9.67. The molecule has 0 bridgehead atoms. The quantitative estimate of drug-likeness (QED) is 0.586. The number of ketones is 1. The van der Waals surface area contributed by atoms with Crippen LogP contribution in [-0.4, -0.2) is 18.8 Å². The van der Waals surface area contributed by atoms with Crippen molar-refractivity contribution in [3.8, 4) is 5.75 Å². The highest BCUT2D eigenvalue weighted by molar-refractivity contribution is 5.96. The number of nitrogens with one attached hydrogen (secondary N) is 1. The summed E-state index contributed by atoms with van der Waals surface area (Å²) in [6, 6.07) is 6.78. The molecular weight excluding hydrogens is 254 g/mol. The van der Waals surface area contributed by atoms with Crippen LogP contribution in [0.2, 0.25) is 0 Å². The number of benzene rings is 1. The van der Waals surface area contributed by atoms with E-state index in [-0.39, 0.29) is 11.7 Å². The molecule has 4 nitrogen and oxygen atoms in total. The van der Waals surface area contributed by atoms with E-state index in [1.165, 1.54) is 12.3 Å². The summed E-state index contributed by atoms with van der Waals surface area (Å²) in [6.45, 7) is 2.09. The van der Waals surface area contributed by atoms with Crippen LogP contribution in [0.15, 0.2) is 36.5 Å². The number of amides is 1. The van der Waals surface area contributed by atoms with Crippen molar-refractivity contribution >= 4 is 11.7 Å². The van der Waals surface area contributed by atoms with Crippen LogP contribution in [0.3, 0.4) is 0 Å². The van der Waals surface area contributed by atoms with E-state index in [0.717, 1.165) is 19.3 Å². The van der Waals surface area contributed by atoms with Gasteiger partial charge in [0, 0.05) is 18.2 Å². The molecule has 1 aromatic carbocycles. The number of hydrogen-bond donors (Lipinski definition) is 1. The standard InChI is InChI=1S/C16H21NO3/c1-3-4-5-6-14(18)11-12-17-16(19)13-7-9-15(20-2)10-8-13/h7-12H,3-6H2,1-2H3,(H,17,19)/b12-11-. The third-order valence-electron chi connectivity index (χ3n) is 2.86. The van der Waals surface area contributed by atoms with E-state index in [2.05, 4.69) is 12.2 Å². The van der Waals surface area contributed by atoms with Gasteiger partial charge in [-0.3, -0.25) is 9.59 Å². The van der Waals surface area contributed by atoms with Crippen LogP contribution in [0.1, 0.15) is 43.0 Å². The number of carbonyl (C=O) groups excluding carboxylic acids is 2. The van der Waals surface area contributed by atoms with Gasteiger partial charge in [-0.15, -0.1) is 0 Å². The van der Waals surface area contributed by atoms with Gasteiger partial charge in [-0.25, -0.2) is 0 Å². The van der Waals surface area contributed by atoms with E-state index in [0.29, 0.717) is 17.7 Å². The normalized spacial score (nSPS) is 10.5. The van der Waals surface area contributed by atoms with Crippen LogP contribution in [0.4, 0.5) is 0 Å². The number of allylic oxidation sites excluding steroid dienone is 1. The second kappa shape index (κ2) is 8.91. The Morgan fingerprint density at radius 1 is 1.20 bits per heavy atom. The molecule has 1 N–H and O–H groups in total. The second-order valence-corrected chi connectivity index (χ2v) is 4.46. The molecule has 1 aromatic rings. The molecule has 108 valence electrons. The predicted octanol–water partition coefficient (Wildman–Crippen LogP) is 3.09. The maximum absolute atomic E-state index is 11.8. The van der Waals surface area contributed by atoms with Crippen molar-refractivity contribution in [2.45, 2.75) is 32.6 Å². The molecule has 0 spiro atoms. The van der Waals surface area contributed by atoms with Gasteiger partial charge in [-0.1, -0.05) is 19.8 Å². The molecule has 1 amide bonds. The van der Waals surface area contributed by atoms with Crippen molar-refractivity contribution in [2.24, 2.45) is 0 Å². The fourth-order valence-electron chi connectivity index (χ4n) is 1.67. The van der Waals surface area contributed by atoms with Crippen LogP contribution in [0.25, 0.3) is 0 Å². The fraction of sp³-hybridized carbons (Fsp3) is 0.375. The Kier molecular flexibility index (Phi) is 7.11. The highest BCUT2D eigenvalue weighted by atomic mass is 16.5. The molecule has 0 fully saturated rings. The molecule has 4 heteroatoms. The number of methoxy groups -OCH3 is 1. The van der Waals surface area contributed by atoms with Gasteiger partial charge in [0.25, 0.3) is 5.91 Å². The average molecular weight is 275 g/mol. The van der Waals surface area contributed by atoms with Crippen LogP contribution in [0.5, 0.6) is 5.75 Å². The van der Waals surface area contributed by atoms with Crippen molar-refractivity contribution in [2.75, 3.05) is 7.11 Å². The van der Waals surface area contributed by atoms with Crippen molar-refractivity contribution in [3.63, 3.8) is 0 Å². The Hall–Kier alpha value is -2.10. The van der Waals surface area contributed by atoms with Gasteiger partial charge in [0.1, 0.15) is 5.75 Å². The summed E-state index contributed by atoms with van der Waals surface area (Å²) in [7, 11) is 1.57. The topological polar surface area (TPSA) is 55.4 Å². The summed E-state index contributed by atoms with van der Waals surface area (Å²) in [5, 5.41) is 2.58. The molecule has 0 radical (unpaired) electrons. The van der Waals surface area contributed by atoms with Crippen molar-refractivity contribution in [1.82, 2.24) is 5.32 Å². The number of rotatable bonds is 8. The summed E-state index contributed by atoms with van der Waals surface area (Å²) in [5.41, 5.74) is 0.522.